The number of hydrogen-bond acceptors (Lipinski definition) is 2. The van der Waals surface area contributed by atoms with Crippen LogP contribution >= 0.6 is 0 Å². The summed E-state index contributed by atoms with van der Waals surface area (Å²) >= 11 is 0. The number of hydrogen-bond donors (Lipinski definition) is 1. The molecule has 1 rings (SSSR count). The molecule has 1 N–H and O–H groups in total. The molecule has 0 aliphatic rings. The Bertz CT molecular complexity index is 304. The zero-order valence-electron chi connectivity index (χ0n) is 6.39. The van der Waals surface area contributed by atoms with Crippen LogP contribution in [0.2, 0.25) is 0 Å². The van der Waals surface area contributed by atoms with Crippen LogP contribution in [0.5, 0.6) is 0 Å². The summed E-state index contributed by atoms with van der Waals surface area (Å²) in [5.41, 5.74) is 1.32. The van der Waals surface area contributed by atoms with Crippen LogP contribution in [0, 0.1) is 18.3 Å². The first-order chi connectivity index (χ1) is 5.27. The van der Waals surface area contributed by atoms with Crippen LogP contribution in [0.3, 0.4) is 0 Å². The zero-order valence-corrected chi connectivity index (χ0v) is 6.39. The number of H-pyrrole nitrogens is 1. The van der Waals surface area contributed by atoms with E-state index in [1.807, 2.05) is 13.0 Å². The van der Waals surface area contributed by atoms with E-state index in [9.17, 15) is 0 Å². The Labute approximate surface area is 65.4 Å². The highest BCUT2D eigenvalue weighted by atomic mass is 14.9. The molecular weight excluding hydrogens is 138 g/mol. The van der Waals surface area contributed by atoms with Crippen LogP contribution in [0.25, 0.3) is 0 Å². The fourth-order valence-electron chi connectivity index (χ4n) is 0.916. The Balaban J connectivity index is 3.04. The number of nitriles is 1. The third kappa shape index (κ3) is 1.47. The minimum absolute atomic E-state index is 0.544. The number of allylic oxidation sites excluding steroid dienone is 1. The first-order valence-electron chi connectivity index (χ1n) is 3.34. The monoisotopic (exact) mass is 147 g/mol. The van der Waals surface area contributed by atoms with Gasteiger partial charge >= 0.3 is 0 Å². The van der Waals surface area contributed by atoms with Gasteiger partial charge in [-0.3, -0.25) is 0 Å². The van der Waals surface area contributed by atoms with Crippen molar-refractivity contribution < 1.29 is 0 Å². The highest BCUT2D eigenvalue weighted by Gasteiger charge is 2.03. The summed E-state index contributed by atoms with van der Waals surface area (Å²) in [7, 11) is 0. The van der Waals surface area contributed by atoms with Gasteiger partial charge in [-0.15, -0.1) is 6.58 Å². The molecule has 1 aromatic rings. The number of nitrogens with one attached hydrogen (secondary N) is 1. The van der Waals surface area contributed by atoms with E-state index in [0.717, 1.165) is 11.5 Å². The van der Waals surface area contributed by atoms with Crippen molar-refractivity contribution in [1.29, 1.82) is 5.26 Å². The van der Waals surface area contributed by atoms with E-state index in [0.29, 0.717) is 12.1 Å². The van der Waals surface area contributed by atoms with Crippen molar-refractivity contribution in [2.75, 3.05) is 0 Å². The smallest absolute Gasteiger partial charge is 0.141 e. The molecule has 0 atom stereocenters. The Hall–Kier alpha value is -1.56. The van der Waals surface area contributed by atoms with Gasteiger partial charge < -0.3 is 4.98 Å². The van der Waals surface area contributed by atoms with Gasteiger partial charge in [0, 0.05) is 6.42 Å². The quantitative estimate of drug-likeness (QED) is 0.641. The van der Waals surface area contributed by atoms with Gasteiger partial charge in [0.1, 0.15) is 17.6 Å². The minimum atomic E-state index is 0.544. The second kappa shape index (κ2) is 3.02. The summed E-state index contributed by atoms with van der Waals surface area (Å²) in [6, 6.07) is 2.04. The van der Waals surface area contributed by atoms with Gasteiger partial charge in [0.25, 0.3) is 0 Å². The maximum Gasteiger partial charge on any atom is 0.141 e. The van der Waals surface area contributed by atoms with Crippen molar-refractivity contribution in [1.82, 2.24) is 9.97 Å². The van der Waals surface area contributed by atoms with Crippen molar-refractivity contribution in [3.05, 3.63) is 29.9 Å². The van der Waals surface area contributed by atoms with Crippen LogP contribution in [0.1, 0.15) is 17.2 Å². The second-order valence-corrected chi connectivity index (χ2v) is 2.25. The van der Waals surface area contributed by atoms with Gasteiger partial charge in [-0.25, -0.2) is 4.98 Å². The molecule has 0 radical (unpaired) electrons. The SMILES string of the molecule is C=CCc1nc(C)[nH]c1C#N. The molecule has 0 saturated heterocycles. The molecule has 0 aliphatic heterocycles. The van der Waals surface area contributed by atoms with Crippen molar-refractivity contribution in [3.63, 3.8) is 0 Å². The van der Waals surface area contributed by atoms with Gasteiger partial charge in [0.2, 0.25) is 0 Å². The lowest BCUT2D eigenvalue weighted by atomic mass is 10.2. The van der Waals surface area contributed by atoms with Crippen molar-refractivity contribution in [3.8, 4) is 6.07 Å². The molecule has 0 aromatic carbocycles. The molecule has 3 heteroatoms. The van der Waals surface area contributed by atoms with Crippen LogP contribution in [-0.4, -0.2) is 9.97 Å². The first-order valence-corrected chi connectivity index (χ1v) is 3.34. The predicted octanol–water partition coefficient (Wildman–Crippen LogP) is 1.32. The number of aromatic amines is 1. The molecule has 1 heterocycles. The van der Waals surface area contributed by atoms with Gasteiger partial charge in [0.05, 0.1) is 5.69 Å². The van der Waals surface area contributed by atoms with E-state index in [1.54, 1.807) is 6.08 Å². The Morgan fingerprint density at radius 3 is 3.09 bits per heavy atom. The molecule has 56 valence electrons. The lowest BCUT2D eigenvalue weighted by Crippen LogP contribution is -1.84. The van der Waals surface area contributed by atoms with Gasteiger partial charge in [-0.05, 0) is 6.92 Å². The third-order valence-corrected chi connectivity index (χ3v) is 1.35. The third-order valence-electron chi connectivity index (χ3n) is 1.35. The summed E-state index contributed by atoms with van der Waals surface area (Å²) < 4.78 is 0. The molecule has 11 heavy (non-hydrogen) atoms. The molecule has 3 nitrogen and oxygen atoms in total. The first kappa shape index (κ1) is 7.55. The lowest BCUT2D eigenvalue weighted by Gasteiger charge is -1.85. The summed E-state index contributed by atoms with van der Waals surface area (Å²) in [4.78, 5) is 6.98. The maximum absolute atomic E-state index is 8.60. The molecule has 0 saturated carbocycles. The standard InChI is InChI=1S/C8H9N3/c1-3-4-7-8(5-9)11-6(2)10-7/h3H,1,4H2,2H3,(H,10,11). The van der Waals surface area contributed by atoms with E-state index < -0.39 is 0 Å². The molecule has 0 amide bonds. The molecule has 1 aromatic heterocycles. The van der Waals surface area contributed by atoms with Crippen molar-refractivity contribution >= 4 is 0 Å². The Kier molecular flexibility index (Phi) is 2.07. The molecule has 0 unspecified atom stereocenters. The molecule has 0 bridgehead atoms. The number of aryl methyl sites for hydroxylation is 1. The van der Waals surface area contributed by atoms with Crippen molar-refractivity contribution in [2.45, 2.75) is 13.3 Å². The number of rotatable bonds is 2. The van der Waals surface area contributed by atoms with Gasteiger partial charge in [-0.1, -0.05) is 6.08 Å². The van der Waals surface area contributed by atoms with E-state index in [4.69, 9.17) is 5.26 Å². The number of aromatic nitrogens is 2. The molecule has 0 aliphatic carbocycles. The average molecular weight is 147 g/mol. The lowest BCUT2D eigenvalue weighted by molar-refractivity contribution is 1.09. The fraction of sp³-hybridized carbons (Fsp3) is 0.250. The molecule has 0 fully saturated rings. The Morgan fingerprint density at radius 2 is 2.55 bits per heavy atom. The van der Waals surface area contributed by atoms with Crippen LogP contribution in [-0.2, 0) is 6.42 Å². The van der Waals surface area contributed by atoms with E-state index in [2.05, 4.69) is 16.5 Å². The zero-order chi connectivity index (χ0) is 8.27. The van der Waals surface area contributed by atoms with Gasteiger partial charge in [0.15, 0.2) is 0 Å². The summed E-state index contributed by atoms with van der Waals surface area (Å²) in [6.45, 7) is 5.40. The minimum Gasteiger partial charge on any atom is -0.334 e. The summed E-state index contributed by atoms with van der Waals surface area (Å²) in [5.74, 6) is 0.776. The highest BCUT2D eigenvalue weighted by Crippen LogP contribution is 2.04. The maximum atomic E-state index is 8.60. The van der Waals surface area contributed by atoms with Gasteiger partial charge in [-0.2, -0.15) is 5.26 Å². The van der Waals surface area contributed by atoms with E-state index in [1.165, 1.54) is 0 Å². The topological polar surface area (TPSA) is 52.5 Å². The van der Waals surface area contributed by atoms with Crippen molar-refractivity contribution in [2.24, 2.45) is 0 Å². The normalized spacial score (nSPS) is 9.09. The fourth-order valence-corrected chi connectivity index (χ4v) is 0.916. The Morgan fingerprint density at radius 1 is 1.82 bits per heavy atom. The predicted molar refractivity (Wildman–Crippen MR) is 41.9 cm³/mol. The molecular formula is C8H9N3. The summed E-state index contributed by atoms with van der Waals surface area (Å²) in [5, 5.41) is 8.60. The van der Waals surface area contributed by atoms with E-state index in [-0.39, 0.29) is 0 Å². The second-order valence-electron chi connectivity index (χ2n) is 2.25. The average Bonchev–Trinajstić information content (AvgIpc) is 2.32. The molecule has 0 spiro atoms. The number of nitrogens with zero attached hydrogens (tertiary/aromatic N) is 2. The van der Waals surface area contributed by atoms with Crippen LogP contribution < -0.4 is 0 Å². The number of imidazole rings is 1. The largest absolute Gasteiger partial charge is 0.334 e. The highest BCUT2D eigenvalue weighted by molar-refractivity contribution is 5.28. The summed E-state index contributed by atoms with van der Waals surface area (Å²) in [6.07, 6.45) is 2.38. The van der Waals surface area contributed by atoms with Crippen LogP contribution in [0.4, 0.5) is 0 Å². The van der Waals surface area contributed by atoms with Crippen LogP contribution in [0.15, 0.2) is 12.7 Å². The van der Waals surface area contributed by atoms with E-state index >= 15 is 0 Å².